The Morgan fingerprint density at radius 1 is 1.41 bits per heavy atom. The van der Waals surface area contributed by atoms with Gasteiger partial charge in [-0.1, -0.05) is 19.1 Å². The number of ether oxygens (including phenoxy) is 1. The average molecular weight is 236 g/mol. The standard InChI is InChI=1S/C14H17FO2/c1-10-7-8-14(9-10,17-11(2)16)12-3-5-13(15)6-4-12/h3-6,10H,7-9H2,1-2H3. The topological polar surface area (TPSA) is 26.3 Å². The number of esters is 1. The van der Waals surface area contributed by atoms with Gasteiger partial charge in [-0.2, -0.15) is 0 Å². The lowest BCUT2D eigenvalue weighted by molar-refractivity contribution is -0.158. The minimum atomic E-state index is -0.543. The number of rotatable bonds is 2. The number of carbonyl (C=O) groups is 1. The van der Waals surface area contributed by atoms with E-state index in [2.05, 4.69) is 6.92 Å². The van der Waals surface area contributed by atoms with Gasteiger partial charge >= 0.3 is 5.97 Å². The molecule has 1 aliphatic rings. The molecule has 1 aromatic carbocycles. The van der Waals surface area contributed by atoms with Crippen molar-refractivity contribution in [3.63, 3.8) is 0 Å². The maximum Gasteiger partial charge on any atom is 0.303 e. The Bertz CT molecular complexity index is 413. The summed E-state index contributed by atoms with van der Waals surface area (Å²) in [6, 6.07) is 6.28. The van der Waals surface area contributed by atoms with Gasteiger partial charge in [0.1, 0.15) is 11.4 Å². The first-order valence-corrected chi connectivity index (χ1v) is 5.97. The molecule has 0 aromatic heterocycles. The molecule has 2 nitrogen and oxygen atoms in total. The van der Waals surface area contributed by atoms with Crippen molar-refractivity contribution in [3.8, 4) is 0 Å². The Balaban J connectivity index is 2.33. The summed E-state index contributed by atoms with van der Waals surface area (Å²) in [4.78, 5) is 11.3. The van der Waals surface area contributed by atoms with Crippen LogP contribution in [-0.2, 0) is 15.1 Å². The molecule has 0 aliphatic heterocycles. The van der Waals surface area contributed by atoms with Crippen LogP contribution < -0.4 is 0 Å². The molecule has 0 radical (unpaired) electrons. The summed E-state index contributed by atoms with van der Waals surface area (Å²) >= 11 is 0. The third-order valence-corrected chi connectivity index (χ3v) is 3.43. The number of halogens is 1. The van der Waals surface area contributed by atoms with Crippen LogP contribution in [-0.4, -0.2) is 5.97 Å². The van der Waals surface area contributed by atoms with Gasteiger partial charge in [-0.15, -0.1) is 0 Å². The minimum absolute atomic E-state index is 0.266. The first-order chi connectivity index (χ1) is 8.02. The summed E-state index contributed by atoms with van der Waals surface area (Å²) in [7, 11) is 0. The molecule has 0 saturated heterocycles. The maximum atomic E-state index is 12.9. The Labute approximate surface area is 101 Å². The van der Waals surface area contributed by atoms with Gasteiger partial charge in [-0.25, -0.2) is 4.39 Å². The monoisotopic (exact) mass is 236 g/mol. The predicted molar refractivity (Wildman–Crippen MR) is 62.9 cm³/mol. The summed E-state index contributed by atoms with van der Waals surface area (Å²) in [5.74, 6) is -0.0133. The normalized spacial score (nSPS) is 28.1. The molecule has 3 heteroatoms. The van der Waals surface area contributed by atoms with Crippen LogP contribution in [0, 0.1) is 11.7 Å². The fourth-order valence-corrected chi connectivity index (χ4v) is 2.69. The number of benzene rings is 1. The van der Waals surface area contributed by atoms with Crippen LogP contribution >= 0.6 is 0 Å². The van der Waals surface area contributed by atoms with Gasteiger partial charge in [0.25, 0.3) is 0 Å². The molecule has 2 rings (SSSR count). The number of hydrogen-bond acceptors (Lipinski definition) is 2. The van der Waals surface area contributed by atoms with E-state index in [9.17, 15) is 9.18 Å². The lowest BCUT2D eigenvalue weighted by atomic mass is 9.91. The second-order valence-corrected chi connectivity index (χ2v) is 4.94. The van der Waals surface area contributed by atoms with Gasteiger partial charge in [0.15, 0.2) is 0 Å². The van der Waals surface area contributed by atoms with Crippen LogP contribution in [0.1, 0.15) is 38.7 Å². The third-order valence-electron chi connectivity index (χ3n) is 3.43. The Morgan fingerprint density at radius 2 is 2.06 bits per heavy atom. The lowest BCUT2D eigenvalue weighted by Gasteiger charge is -2.29. The van der Waals surface area contributed by atoms with Gasteiger partial charge in [0.2, 0.25) is 0 Å². The van der Waals surface area contributed by atoms with Gasteiger partial charge in [-0.05, 0) is 42.9 Å². The molecule has 92 valence electrons. The Kier molecular flexibility index (Phi) is 3.18. The molecule has 0 N–H and O–H groups in total. The summed E-state index contributed by atoms with van der Waals surface area (Å²) in [5.41, 5.74) is 0.359. The van der Waals surface area contributed by atoms with Crippen molar-refractivity contribution in [1.82, 2.24) is 0 Å². The van der Waals surface area contributed by atoms with Crippen molar-refractivity contribution in [2.75, 3.05) is 0 Å². The van der Waals surface area contributed by atoms with Crippen molar-refractivity contribution in [1.29, 1.82) is 0 Å². The molecule has 2 unspecified atom stereocenters. The van der Waals surface area contributed by atoms with Gasteiger partial charge in [-0.3, -0.25) is 4.79 Å². The molecule has 1 aliphatic carbocycles. The highest BCUT2D eigenvalue weighted by molar-refractivity contribution is 5.67. The number of carbonyl (C=O) groups excluding carboxylic acids is 1. The van der Waals surface area contributed by atoms with Gasteiger partial charge < -0.3 is 4.74 Å². The van der Waals surface area contributed by atoms with Crippen LogP contribution in [0.15, 0.2) is 24.3 Å². The molecule has 1 saturated carbocycles. The van der Waals surface area contributed by atoms with Crippen molar-refractivity contribution >= 4 is 5.97 Å². The average Bonchev–Trinajstić information content (AvgIpc) is 2.61. The predicted octanol–water partition coefficient (Wildman–Crippen LogP) is 3.40. The summed E-state index contributed by atoms with van der Waals surface area (Å²) in [6.07, 6.45) is 2.67. The molecule has 0 spiro atoms. The van der Waals surface area contributed by atoms with E-state index < -0.39 is 5.60 Å². The highest BCUT2D eigenvalue weighted by atomic mass is 19.1. The van der Waals surface area contributed by atoms with E-state index in [1.165, 1.54) is 19.1 Å². The second-order valence-electron chi connectivity index (χ2n) is 4.94. The van der Waals surface area contributed by atoms with E-state index in [0.29, 0.717) is 5.92 Å². The molecule has 0 bridgehead atoms. The Hall–Kier alpha value is -1.38. The smallest absolute Gasteiger partial charge is 0.303 e. The van der Waals surface area contributed by atoms with E-state index in [-0.39, 0.29) is 11.8 Å². The zero-order valence-electron chi connectivity index (χ0n) is 10.2. The zero-order chi connectivity index (χ0) is 12.5. The number of hydrogen-bond donors (Lipinski definition) is 0. The highest BCUT2D eigenvalue weighted by Gasteiger charge is 2.41. The van der Waals surface area contributed by atoms with E-state index in [0.717, 1.165) is 24.8 Å². The summed E-state index contributed by atoms with van der Waals surface area (Å²) < 4.78 is 18.5. The SMILES string of the molecule is CC(=O)OC1(c2ccc(F)cc2)CCC(C)C1. The Morgan fingerprint density at radius 3 is 2.53 bits per heavy atom. The van der Waals surface area contributed by atoms with Crippen molar-refractivity contribution in [2.24, 2.45) is 5.92 Å². The first-order valence-electron chi connectivity index (χ1n) is 5.97. The maximum absolute atomic E-state index is 12.9. The van der Waals surface area contributed by atoms with Crippen LogP contribution in [0.2, 0.25) is 0 Å². The molecule has 0 amide bonds. The second kappa shape index (κ2) is 4.47. The quantitative estimate of drug-likeness (QED) is 0.735. The fourth-order valence-electron chi connectivity index (χ4n) is 2.69. The van der Waals surface area contributed by atoms with Crippen LogP contribution in [0.25, 0.3) is 0 Å². The summed E-state index contributed by atoms with van der Waals surface area (Å²) in [6.45, 7) is 3.57. The minimum Gasteiger partial charge on any atom is -0.454 e. The third kappa shape index (κ3) is 2.48. The summed E-state index contributed by atoms with van der Waals surface area (Å²) in [5, 5.41) is 0. The van der Waals surface area contributed by atoms with Crippen molar-refractivity contribution in [3.05, 3.63) is 35.6 Å². The molecule has 2 atom stereocenters. The van der Waals surface area contributed by atoms with E-state index >= 15 is 0 Å². The van der Waals surface area contributed by atoms with Gasteiger partial charge in [0, 0.05) is 6.92 Å². The molecule has 1 fully saturated rings. The molecular weight excluding hydrogens is 219 g/mol. The lowest BCUT2D eigenvalue weighted by Crippen LogP contribution is -2.28. The fraction of sp³-hybridized carbons (Fsp3) is 0.500. The van der Waals surface area contributed by atoms with E-state index in [4.69, 9.17) is 4.74 Å². The van der Waals surface area contributed by atoms with Crippen molar-refractivity contribution < 1.29 is 13.9 Å². The van der Waals surface area contributed by atoms with Crippen LogP contribution in [0.4, 0.5) is 4.39 Å². The van der Waals surface area contributed by atoms with Crippen LogP contribution in [0.3, 0.4) is 0 Å². The van der Waals surface area contributed by atoms with Gasteiger partial charge in [0.05, 0.1) is 0 Å². The van der Waals surface area contributed by atoms with Crippen molar-refractivity contribution in [2.45, 2.75) is 38.7 Å². The largest absolute Gasteiger partial charge is 0.454 e. The molecule has 0 heterocycles. The zero-order valence-corrected chi connectivity index (χ0v) is 10.2. The van der Waals surface area contributed by atoms with Crippen LogP contribution in [0.5, 0.6) is 0 Å². The highest BCUT2D eigenvalue weighted by Crippen LogP contribution is 2.45. The van der Waals surface area contributed by atoms with E-state index in [1.54, 1.807) is 12.1 Å². The first kappa shape index (κ1) is 12.1. The molecular formula is C14H17FO2. The molecule has 17 heavy (non-hydrogen) atoms. The molecule has 1 aromatic rings. The van der Waals surface area contributed by atoms with E-state index in [1.807, 2.05) is 0 Å².